The number of benzene rings is 1. The smallest absolute Gasteiger partial charge is 0.211 e. The number of carbonyl (C=O) groups is 1. The molecule has 1 rings (SSSR count). The first-order valence-corrected chi connectivity index (χ1v) is 4.55. The van der Waals surface area contributed by atoms with Crippen LogP contribution >= 0.6 is 34.8 Å². The summed E-state index contributed by atoms with van der Waals surface area (Å²) in [6.45, 7) is 1.75. The van der Waals surface area contributed by atoms with E-state index in [2.05, 4.69) is 5.32 Å². The number of halogens is 3. The lowest BCUT2D eigenvalue weighted by Gasteiger charge is -2.08. The van der Waals surface area contributed by atoms with Crippen LogP contribution in [0, 0.1) is 6.92 Å². The van der Waals surface area contributed by atoms with Crippen molar-refractivity contribution in [3.05, 3.63) is 26.7 Å². The average Bonchev–Trinajstić information content (AvgIpc) is 2.11. The zero-order chi connectivity index (χ0) is 10.0. The Kier molecular flexibility index (Phi) is 3.42. The van der Waals surface area contributed by atoms with E-state index in [-0.39, 0.29) is 0 Å². The molecule has 0 saturated heterocycles. The third-order valence-corrected chi connectivity index (χ3v) is 2.98. The maximum atomic E-state index is 10.2. The second-order valence-corrected chi connectivity index (χ2v) is 3.58. The van der Waals surface area contributed by atoms with Crippen LogP contribution in [0.5, 0.6) is 0 Å². The molecule has 0 bridgehead atoms. The zero-order valence-electron chi connectivity index (χ0n) is 6.70. The molecule has 1 aromatic carbocycles. The van der Waals surface area contributed by atoms with Crippen molar-refractivity contribution < 1.29 is 4.79 Å². The predicted molar refractivity (Wildman–Crippen MR) is 55.9 cm³/mol. The molecule has 1 aromatic rings. The Morgan fingerprint density at radius 2 is 1.92 bits per heavy atom. The van der Waals surface area contributed by atoms with Gasteiger partial charge in [-0.2, -0.15) is 0 Å². The fraction of sp³-hybridized carbons (Fsp3) is 0.125. The topological polar surface area (TPSA) is 29.1 Å². The minimum Gasteiger partial charge on any atom is -0.328 e. The van der Waals surface area contributed by atoms with Gasteiger partial charge in [-0.3, -0.25) is 4.79 Å². The Bertz CT molecular complexity index is 352. The molecule has 2 nitrogen and oxygen atoms in total. The lowest BCUT2D eigenvalue weighted by molar-refractivity contribution is -0.105. The first kappa shape index (κ1) is 10.6. The second kappa shape index (κ2) is 4.18. The van der Waals surface area contributed by atoms with Crippen LogP contribution in [0.4, 0.5) is 5.69 Å². The van der Waals surface area contributed by atoms with E-state index in [1.165, 1.54) is 0 Å². The third-order valence-electron chi connectivity index (χ3n) is 1.62. The van der Waals surface area contributed by atoms with Crippen molar-refractivity contribution in [3.8, 4) is 0 Å². The van der Waals surface area contributed by atoms with Gasteiger partial charge in [-0.05, 0) is 18.6 Å². The summed E-state index contributed by atoms with van der Waals surface area (Å²) in [6.07, 6.45) is 0.558. The average molecular weight is 239 g/mol. The number of rotatable bonds is 2. The molecule has 0 aliphatic carbocycles. The summed E-state index contributed by atoms with van der Waals surface area (Å²) in [6, 6.07) is 1.56. The highest BCUT2D eigenvalue weighted by molar-refractivity contribution is 6.48. The van der Waals surface area contributed by atoms with E-state index in [0.717, 1.165) is 0 Å². The van der Waals surface area contributed by atoms with E-state index in [1.807, 2.05) is 0 Å². The summed E-state index contributed by atoms with van der Waals surface area (Å²) < 4.78 is 0. The highest BCUT2D eigenvalue weighted by Gasteiger charge is 2.10. The Hall–Kier alpha value is -0.440. The van der Waals surface area contributed by atoms with Gasteiger partial charge in [0.05, 0.1) is 15.1 Å². The molecule has 0 aliphatic heterocycles. The zero-order valence-corrected chi connectivity index (χ0v) is 8.96. The molecule has 70 valence electrons. The van der Waals surface area contributed by atoms with Crippen LogP contribution in [-0.4, -0.2) is 6.41 Å². The van der Waals surface area contributed by atoms with Gasteiger partial charge in [-0.25, -0.2) is 0 Å². The summed E-state index contributed by atoms with van der Waals surface area (Å²) in [7, 11) is 0. The van der Waals surface area contributed by atoms with Crippen LogP contribution in [0.1, 0.15) is 5.56 Å². The number of amides is 1. The quantitative estimate of drug-likeness (QED) is 0.620. The third kappa shape index (κ3) is 2.08. The van der Waals surface area contributed by atoms with Crippen molar-refractivity contribution in [2.24, 2.45) is 0 Å². The molecular weight excluding hydrogens is 232 g/mol. The number of carbonyl (C=O) groups excluding carboxylic acids is 1. The van der Waals surface area contributed by atoms with E-state index in [0.29, 0.717) is 32.7 Å². The SMILES string of the molecule is Cc1c(NC=O)cc(Cl)c(Cl)c1Cl. The molecule has 13 heavy (non-hydrogen) atoms. The Balaban J connectivity index is 3.31. The fourth-order valence-corrected chi connectivity index (χ4v) is 1.55. The van der Waals surface area contributed by atoms with Gasteiger partial charge < -0.3 is 5.32 Å². The van der Waals surface area contributed by atoms with Gasteiger partial charge >= 0.3 is 0 Å². The number of hydrogen-bond donors (Lipinski definition) is 1. The maximum absolute atomic E-state index is 10.2. The largest absolute Gasteiger partial charge is 0.328 e. The first-order chi connectivity index (χ1) is 6.07. The van der Waals surface area contributed by atoms with Crippen LogP contribution in [0.3, 0.4) is 0 Å². The van der Waals surface area contributed by atoms with Gasteiger partial charge in [-0.15, -0.1) is 0 Å². The number of nitrogens with one attached hydrogen (secondary N) is 1. The molecule has 0 fully saturated rings. The van der Waals surface area contributed by atoms with E-state index >= 15 is 0 Å². The molecule has 0 atom stereocenters. The van der Waals surface area contributed by atoms with E-state index < -0.39 is 0 Å². The summed E-state index contributed by atoms with van der Waals surface area (Å²) in [5, 5.41) is 3.46. The summed E-state index contributed by atoms with van der Waals surface area (Å²) in [5.41, 5.74) is 1.26. The highest BCUT2D eigenvalue weighted by atomic mass is 35.5. The van der Waals surface area contributed by atoms with Gasteiger partial charge in [0.1, 0.15) is 0 Å². The van der Waals surface area contributed by atoms with Gasteiger partial charge in [-0.1, -0.05) is 34.8 Å². The summed E-state index contributed by atoms with van der Waals surface area (Å²) in [5.74, 6) is 0. The number of anilines is 1. The minimum absolute atomic E-state index is 0.303. The summed E-state index contributed by atoms with van der Waals surface area (Å²) >= 11 is 17.4. The van der Waals surface area contributed by atoms with Crippen molar-refractivity contribution in [1.82, 2.24) is 0 Å². The second-order valence-electron chi connectivity index (χ2n) is 2.42. The van der Waals surface area contributed by atoms with Crippen molar-refractivity contribution in [3.63, 3.8) is 0 Å². The molecule has 0 unspecified atom stereocenters. The summed E-state index contributed by atoms with van der Waals surface area (Å²) in [4.78, 5) is 10.2. The van der Waals surface area contributed by atoms with Gasteiger partial charge in [0, 0.05) is 5.69 Å². The molecular formula is C8H6Cl3NO. The molecule has 0 radical (unpaired) electrons. The number of hydrogen-bond acceptors (Lipinski definition) is 1. The molecule has 0 heterocycles. The standard InChI is InChI=1S/C8H6Cl3NO/c1-4-6(12-3-13)2-5(9)8(11)7(4)10/h2-3H,1H3,(H,12,13). The van der Waals surface area contributed by atoms with Crippen molar-refractivity contribution in [2.45, 2.75) is 6.92 Å². The predicted octanol–water partition coefficient (Wildman–Crippen LogP) is 3.52. The van der Waals surface area contributed by atoms with E-state index in [1.54, 1.807) is 13.0 Å². The lowest BCUT2D eigenvalue weighted by Crippen LogP contribution is -1.97. The monoisotopic (exact) mass is 237 g/mol. The lowest BCUT2D eigenvalue weighted by atomic mass is 10.2. The van der Waals surface area contributed by atoms with E-state index in [9.17, 15) is 4.79 Å². The van der Waals surface area contributed by atoms with Crippen LogP contribution in [0.25, 0.3) is 0 Å². The van der Waals surface area contributed by atoms with Gasteiger partial charge in [0.15, 0.2) is 0 Å². The van der Waals surface area contributed by atoms with Crippen LogP contribution < -0.4 is 5.32 Å². The first-order valence-electron chi connectivity index (χ1n) is 3.42. The Labute approximate surface area is 90.8 Å². The van der Waals surface area contributed by atoms with Crippen molar-refractivity contribution >= 4 is 46.9 Å². The molecule has 0 saturated carbocycles. The molecule has 0 aromatic heterocycles. The van der Waals surface area contributed by atoms with Crippen LogP contribution in [-0.2, 0) is 4.79 Å². The molecule has 0 aliphatic rings. The maximum Gasteiger partial charge on any atom is 0.211 e. The molecule has 0 spiro atoms. The van der Waals surface area contributed by atoms with Crippen LogP contribution in [0.2, 0.25) is 15.1 Å². The molecule has 5 heteroatoms. The Morgan fingerprint density at radius 1 is 1.31 bits per heavy atom. The van der Waals surface area contributed by atoms with Crippen molar-refractivity contribution in [2.75, 3.05) is 5.32 Å². The van der Waals surface area contributed by atoms with E-state index in [4.69, 9.17) is 34.8 Å². The van der Waals surface area contributed by atoms with Crippen LogP contribution in [0.15, 0.2) is 6.07 Å². The molecule has 1 amide bonds. The van der Waals surface area contributed by atoms with Gasteiger partial charge in [0.25, 0.3) is 0 Å². The highest BCUT2D eigenvalue weighted by Crippen LogP contribution is 2.36. The fourth-order valence-electron chi connectivity index (χ4n) is 0.899. The molecule has 1 N–H and O–H groups in total. The normalized spacial score (nSPS) is 9.85. The van der Waals surface area contributed by atoms with Crippen molar-refractivity contribution in [1.29, 1.82) is 0 Å². The Morgan fingerprint density at radius 3 is 2.46 bits per heavy atom. The minimum atomic E-state index is 0.303. The van der Waals surface area contributed by atoms with Gasteiger partial charge in [0.2, 0.25) is 6.41 Å².